The first-order valence-electron chi connectivity index (χ1n) is 11.4. The van der Waals surface area contributed by atoms with E-state index in [1.54, 1.807) is 0 Å². The van der Waals surface area contributed by atoms with E-state index in [-0.39, 0.29) is 12.2 Å². The highest BCUT2D eigenvalue weighted by atomic mass is 16.6. The van der Waals surface area contributed by atoms with Gasteiger partial charge in [0, 0.05) is 0 Å². The van der Waals surface area contributed by atoms with Crippen LogP contribution in [0.2, 0.25) is 0 Å². The molecule has 0 bridgehead atoms. The minimum Gasteiger partial charge on any atom is -0.374 e. The van der Waals surface area contributed by atoms with Crippen molar-refractivity contribution in [1.29, 1.82) is 0 Å². The van der Waals surface area contributed by atoms with Crippen molar-refractivity contribution >= 4 is 0 Å². The summed E-state index contributed by atoms with van der Waals surface area (Å²) in [6.07, 6.45) is 0.0880. The highest BCUT2D eigenvalue weighted by molar-refractivity contribution is 5.47. The Morgan fingerprint density at radius 1 is 0.545 bits per heavy atom. The summed E-state index contributed by atoms with van der Waals surface area (Å²) in [4.78, 5) is 0. The lowest BCUT2D eigenvalue weighted by atomic mass is 9.80. The summed E-state index contributed by atoms with van der Waals surface area (Å²) >= 11 is 0. The van der Waals surface area contributed by atoms with Crippen molar-refractivity contribution in [2.75, 3.05) is 13.2 Å². The summed E-state index contributed by atoms with van der Waals surface area (Å²) in [6, 6.07) is 41.5. The van der Waals surface area contributed by atoms with Crippen LogP contribution < -0.4 is 0 Å². The molecule has 0 aliphatic carbocycles. The van der Waals surface area contributed by atoms with Crippen LogP contribution in [0, 0.1) is 0 Å². The molecule has 166 valence electrons. The molecule has 33 heavy (non-hydrogen) atoms. The third-order valence-corrected chi connectivity index (χ3v) is 6.09. The molecule has 0 saturated carbocycles. The zero-order valence-corrected chi connectivity index (χ0v) is 18.5. The Labute approximate surface area is 195 Å². The third kappa shape index (κ3) is 4.91. The molecule has 0 amide bonds. The highest BCUT2D eigenvalue weighted by Crippen LogP contribution is 2.41. The Morgan fingerprint density at radius 2 is 0.970 bits per heavy atom. The second kappa shape index (κ2) is 10.1. The molecule has 3 heteroatoms. The number of ether oxygens (including phenoxy) is 3. The molecule has 1 fully saturated rings. The van der Waals surface area contributed by atoms with Crippen LogP contribution >= 0.6 is 0 Å². The largest absolute Gasteiger partial charge is 0.374 e. The molecule has 0 N–H and O–H groups in total. The van der Waals surface area contributed by atoms with E-state index in [9.17, 15) is 0 Å². The van der Waals surface area contributed by atoms with Crippen molar-refractivity contribution in [2.45, 2.75) is 24.4 Å². The van der Waals surface area contributed by atoms with E-state index in [4.69, 9.17) is 14.2 Å². The van der Waals surface area contributed by atoms with E-state index in [0.717, 1.165) is 16.7 Å². The average molecular weight is 437 g/mol. The first-order valence-corrected chi connectivity index (χ1v) is 11.4. The van der Waals surface area contributed by atoms with Crippen LogP contribution in [0.4, 0.5) is 0 Å². The third-order valence-electron chi connectivity index (χ3n) is 6.09. The van der Waals surface area contributed by atoms with Crippen molar-refractivity contribution in [3.8, 4) is 0 Å². The van der Waals surface area contributed by atoms with Gasteiger partial charge >= 0.3 is 0 Å². The summed E-state index contributed by atoms with van der Waals surface area (Å²) in [5.41, 5.74) is 3.74. The van der Waals surface area contributed by atoms with Gasteiger partial charge in [-0.1, -0.05) is 121 Å². The van der Waals surface area contributed by atoms with Gasteiger partial charge in [0.1, 0.15) is 17.8 Å². The topological polar surface area (TPSA) is 31.0 Å². The van der Waals surface area contributed by atoms with Crippen molar-refractivity contribution < 1.29 is 14.2 Å². The van der Waals surface area contributed by atoms with Gasteiger partial charge in [0.25, 0.3) is 0 Å². The Balaban J connectivity index is 1.34. The van der Waals surface area contributed by atoms with Gasteiger partial charge in [0.15, 0.2) is 0 Å². The molecule has 4 aromatic rings. The summed E-state index contributed by atoms with van der Waals surface area (Å²) in [6.45, 7) is 1.65. The SMILES string of the molecule is c1ccc(COC[C@@H]2O[C@@H]2COC(c2ccccc2)(c2ccccc2)c2ccccc2)cc1. The maximum atomic E-state index is 6.83. The summed E-state index contributed by atoms with van der Waals surface area (Å²) in [7, 11) is 0. The van der Waals surface area contributed by atoms with Crippen LogP contribution in [0.1, 0.15) is 22.3 Å². The van der Waals surface area contributed by atoms with Crippen molar-refractivity contribution in [2.24, 2.45) is 0 Å². The molecule has 4 aromatic carbocycles. The number of benzene rings is 4. The monoisotopic (exact) mass is 436 g/mol. The lowest BCUT2D eigenvalue weighted by molar-refractivity contribution is 0.00421. The van der Waals surface area contributed by atoms with E-state index in [1.807, 2.05) is 36.4 Å². The summed E-state index contributed by atoms with van der Waals surface area (Å²) in [5.74, 6) is 0. The molecule has 1 aliphatic rings. The number of epoxide rings is 1. The van der Waals surface area contributed by atoms with E-state index < -0.39 is 5.60 Å². The van der Waals surface area contributed by atoms with Crippen molar-refractivity contribution in [3.05, 3.63) is 144 Å². The van der Waals surface area contributed by atoms with Gasteiger partial charge in [-0.15, -0.1) is 0 Å². The molecule has 2 atom stereocenters. The Hall–Kier alpha value is -3.24. The second-order valence-electron chi connectivity index (χ2n) is 8.30. The molecule has 0 radical (unpaired) electrons. The minimum absolute atomic E-state index is 0.0243. The van der Waals surface area contributed by atoms with E-state index in [2.05, 4.69) is 84.9 Å². The van der Waals surface area contributed by atoms with Gasteiger partial charge in [0.05, 0.1) is 19.8 Å². The number of hydrogen-bond acceptors (Lipinski definition) is 3. The summed E-state index contributed by atoms with van der Waals surface area (Å²) in [5, 5.41) is 0. The fraction of sp³-hybridized carbons (Fsp3) is 0.200. The normalized spacial score (nSPS) is 17.6. The molecule has 0 spiro atoms. The van der Waals surface area contributed by atoms with Crippen LogP contribution in [0.3, 0.4) is 0 Å². The zero-order valence-electron chi connectivity index (χ0n) is 18.5. The fourth-order valence-corrected chi connectivity index (χ4v) is 4.32. The molecule has 1 saturated heterocycles. The number of hydrogen-bond donors (Lipinski definition) is 0. The Kier molecular flexibility index (Phi) is 6.63. The smallest absolute Gasteiger partial charge is 0.143 e. The van der Waals surface area contributed by atoms with E-state index in [0.29, 0.717) is 19.8 Å². The van der Waals surface area contributed by atoms with Crippen LogP contribution in [0.5, 0.6) is 0 Å². The van der Waals surface area contributed by atoms with Crippen LogP contribution in [-0.4, -0.2) is 25.4 Å². The number of rotatable bonds is 10. The molecule has 1 heterocycles. The predicted molar refractivity (Wildman–Crippen MR) is 130 cm³/mol. The highest BCUT2D eigenvalue weighted by Gasteiger charge is 2.44. The van der Waals surface area contributed by atoms with Gasteiger partial charge in [-0.05, 0) is 22.3 Å². The summed E-state index contributed by atoms with van der Waals surface area (Å²) < 4.78 is 18.6. The van der Waals surface area contributed by atoms with Crippen molar-refractivity contribution in [1.82, 2.24) is 0 Å². The molecule has 0 aromatic heterocycles. The lowest BCUT2D eigenvalue weighted by Gasteiger charge is -2.35. The average Bonchev–Trinajstić information content (AvgIpc) is 3.65. The fourth-order valence-electron chi connectivity index (χ4n) is 4.32. The second-order valence-corrected chi connectivity index (χ2v) is 8.30. The molecule has 0 unspecified atom stereocenters. The van der Waals surface area contributed by atoms with Crippen molar-refractivity contribution in [3.63, 3.8) is 0 Å². The standard InChI is InChI=1S/C30H28O3/c1-5-13-24(14-6-1)21-31-22-28-29(33-28)23-32-30(25-15-7-2-8-16-25,26-17-9-3-10-18-26)27-19-11-4-12-20-27/h1-20,28-29H,21-23H2/t28-,29+/m0/s1. The van der Waals surface area contributed by atoms with Gasteiger partial charge in [-0.25, -0.2) is 0 Å². The van der Waals surface area contributed by atoms with Gasteiger partial charge < -0.3 is 14.2 Å². The first-order chi connectivity index (χ1) is 16.4. The Morgan fingerprint density at radius 3 is 1.45 bits per heavy atom. The Bertz CT molecular complexity index is 1020. The van der Waals surface area contributed by atoms with E-state index >= 15 is 0 Å². The van der Waals surface area contributed by atoms with Gasteiger partial charge in [-0.2, -0.15) is 0 Å². The maximum absolute atomic E-state index is 6.83. The van der Waals surface area contributed by atoms with Crippen LogP contribution in [0.15, 0.2) is 121 Å². The van der Waals surface area contributed by atoms with Crippen LogP contribution in [0.25, 0.3) is 0 Å². The quantitative estimate of drug-likeness (QED) is 0.226. The van der Waals surface area contributed by atoms with Gasteiger partial charge in [-0.3, -0.25) is 0 Å². The molecular weight excluding hydrogens is 408 g/mol. The van der Waals surface area contributed by atoms with E-state index in [1.165, 1.54) is 5.56 Å². The maximum Gasteiger partial charge on any atom is 0.143 e. The van der Waals surface area contributed by atoms with Crippen LogP contribution in [-0.2, 0) is 26.4 Å². The molecule has 5 rings (SSSR count). The minimum atomic E-state index is -0.717. The molecule has 1 aliphatic heterocycles. The molecule has 3 nitrogen and oxygen atoms in total. The zero-order chi connectivity index (χ0) is 22.3. The molecular formula is C30H28O3. The predicted octanol–water partition coefficient (Wildman–Crippen LogP) is 5.98. The van der Waals surface area contributed by atoms with Gasteiger partial charge in [0.2, 0.25) is 0 Å². The first kappa shape index (κ1) is 21.6. The lowest BCUT2D eigenvalue weighted by Crippen LogP contribution is -2.34.